The van der Waals surface area contributed by atoms with Crippen LogP contribution in [0.25, 0.3) is 0 Å². The van der Waals surface area contributed by atoms with Gasteiger partial charge in [0.15, 0.2) is 0 Å². The molecule has 0 aromatic carbocycles. The molecule has 76 valence electrons. The number of nitrogens with two attached hydrogens (primary N) is 1. The van der Waals surface area contributed by atoms with Gasteiger partial charge in [-0.05, 0) is 27.7 Å². The van der Waals surface area contributed by atoms with E-state index in [1.807, 2.05) is 41.5 Å². The van der Waals surface area contributed by atoms with Crippen LogP contribution in [0.3, 0.4) is 0 Å². The predicted octanol–water partition coefficient (Wildman–Crippen LogP) is 2.61. The van der Waals surface area contributed by atoms with Gasteiger partial charge in [-0.1, -0.05) is 20.8 Å². The predicted molar refractivity (Wildman–Crippen MR) is 56.2 cm³/mol. The molecule has 0 saturated heterocycles. The summed E-state index contributed by atoms with van der Waals surface area (Å²) in [5.41, 5.74) is 5.22. The Morgan fingerprint density at radius 2 is 1.17 bits per heavy atom. The lowest BCUT2D eigenvalue weighted by atomic mass is 9.92. The first kappa shape index (κ1) is 14.2. The minimum atomic E-state index is -0.139. The first-order chi connectivity index (χ1) is 4.94. The lowest BCUT2D eigenvalue weighted by molar-refractivity contribution is -0.124. The molecule has 0 atom stereocenters. The molecule has 0 radical (unpaired) electrons. The molecule has 0 saturated carbocycles. The number of carbonyl (C=O) groups excluding carboxylic acids is 1. The first-order valence-electron chi connectivity index (χ1n) is 4.24. The molecule has 0 aliphatic carbocycles. The van der Waals surface area contributed by atoms with Crippen molar-refractivity contribution in [2.75, 3.05) is 0 Å². The summed E-state index contributed by atoms with van der Waals surface area (Å²) >= 11 is 0. The van der Waals surface area contributed by atoms with Crippen LogP contribution in [-0.2, 0) is 4.79 Å². The van der Waals surface area contributed by atoms with Gasteiger partial charge in [0, 0.05) is 12.4 Å². The van der Waals surface area contributed by atoms with E-state index in [2.05, 4.69) is 0 Å². The number of hydrogen-bond donors (Lipinski definition) is 1. The quantitative estimate of drug-likeness (QED) is 0.615. The van der Waals surface area contributed by atoms with E-state index in [9.17, 15) is 4.79 Å². The maximum absolute atomic E-state index is 10.5. The Kier molecular flexibility index (Phi) is 5.44. The Morgan fingerprint density at radius 1 is 1.08 bits per heavy atom. The van der Waals surface area contributed by atoms with Crippen LogP contribution in [0.4, 0.5) is 0 Å². The Bertz CT molecular complexity index is 136. The van der Waals surface area contributed by atoms with E-state index in [4.69, 9.17) is 5.73 Å². The third-order valence-corrected chi connectivity index (χ3v) is 1.06. The number of hydrogen-bond acceptors (Lipinski definition) is 2. The smallest absolute Gasteiger partial charge is 0.135 e. The van der Waals surface area contributed by atoms with Crippen LogP contribution >= 0.6 is 0 Å². The Hall–Kier alpha value is -0.370. The monoisotopic (exact) mass is 175 g/mol. The van der Waals surface area contributed by atoms with E-state index >= 15 is 0 Å². The second kappa shape index (κ2) is 4.61. The van der Waals surface area contributed by atoms with Crippen LogP contribution in [0.15, 0.2) is 0 Å². The highest BCUT2D eigenvalue weighted by Crippen LogP contribution is 2.12. The van der Waals surface area contributed by atoms with Crippen molar-refractivity contribution in [2.24, 2.45) is 11.1 Å². The average Bonchev–Trinajstić information content (AvgIpc) is 1.55. The molecule has 0 rings (SSSR count). The molecular weight excluding hydrogens is 150 g/mol. The van der Waals surface area contributed by atoms with E-state index < -0.39 is 0 Å². The fourth-order valence-electron chi connectivity index (χ4n) is 0. The highest BCUT2D eigenvalue weighted by Gasteiger charge is 2.14. The Labute approximate surface area is 78.0 Å². The third kappa shape index (κ3) is 22.6. The van der Waals surface area contributed by atoms with Crippen molar-refractivity contribution < 1.29 is 6.22 Å². The highest BCUT2D eigenvalue weighted by atomic mass is 16.1. The molecule has 0 amide bonds. The number of rotatable bonds is 0. The Morgan fingerprint density at radius 3 is 1.17 bits per heavy atom. The van der Waals surface area contributed by atoms with Gasteiger partial charge in [-0.25, -0.2) is 0 Å². The second-order valence-corrected chi connectivity index (χ2v) is 5.17. The summed E-state index contributed by atoms with van der Waals surface area (Å²) in [6.45, 7) is 13.2. The zero-order chi connectivity index (χ0) is 10.6. The molecule has 12 heavy (non-hydrogen) atoms. The van der Waals surface area contributed by atoms with Gasteiger partial charge in [0.1, 0.15) is 5.78 Å². The zero-order valence-electron chi connectivity index (χ0n) is 9.49. The SMILES string of the molecule is CC(=O)C(C)(C)C.CC(C)(C)N.[HH]. The van der Waals surface area contributed by atoms with Crippen molar-refractivity contribution in [3.05, 3.63) is 0 Å². The zero-order valence-corrected chi connectivity index (χ0v) is 9.49. The van der Waals surface area contributed by atoms with Gasteiger partial charge in [-0.2, -0.15) is 0 Å². The molecule has 0 aromatic rings. The molecule has 0 aliphatic rings. The maximum atomic E-state index is 10.5. The standard InChI is InChI=1S/C6H12O.C4H11N.H2/c1-5(7)6(2,3)4;1-4(2,3)5;/h1-4H3;5H2,1-3H3;1H. The molecule has 0 aromatic heterocycles. The van der Waals surface area contributed by atoms with Crippen molar-refractivity contribution in [3.63, 3.8) is 0 Å². The van der Waals surface area contributed by atoms with E-state index in [-0.39, 0.29) is 18.2 Å². The summed E-state index contributed by atoms with van der Waals surface area (Å²) in [5.74, 6) is 0.243. The average molecular weight is 175 g/mol. The topological polar surface area (TPSA) is 43.1 Å². The van der Waals surface area contributed by atoms with Crippen molar-refractivity contribution >= 4 is 5.78 Å². The number of carbonyl (C=O) groups is 1. The van der Waals surface area contributed by atoms with Crippen LogP contribution in [0.5, 0.6) is 0 Å². The minimum Gasteiger partial charge on any atom is -0.326 e. The van der Waals surface area contributed by atoms with Crippen molar-refractivity contribution in [2.45, 2.75) is 54.0 Å². The molecule has 2 heteroatoms. The molecule has 0 aliphatic heterocycles. The van der Waals surface area contributed by atoms with E-state index in [1.165, 1.54) is 0 Å². The minimum absolute atomic E-state index is 0. The fraction of sp³-hybridized carbons (Fsp3) is 0.900. The van der Waals surface area contributed by atoms with Gasteiger partial charge in [-0.15, -0.1) is 0 Å². The summed E-state index contributed by atoms with van der Waals surface area (Å²) in [6, 6.07) is 0. The molecular formula is C10H25NO. The Balaban J connectivity index is -0.000000150. The molecule has 0 fully saturated rings. The molecule has 0 spiro atoms. The van der Waals surface area contributed by atoms with Crippen LogP contribution < -0.4 is 5.73 Å². The van der Waals surface area contributed by atoms with Gasteiger partial charge < -0.3 is 5.73 Å². The van der Waals surface area contributed by atoms with Crippen LogP contribution in [-0.4, -0.2) is 11.3 Å². The molecule has 0 bridgehead atoms. The van der Waals surface area contributed by atoms with E-state index in [0.29, 0.717) is 0 Å². The van der Waals surface area contributed by atoms with Crippen LogP contribution in [0, 0.1) is 5.41 Å². The van der Waals surface area contributed by atoms with E-state index in [1.54, 1.807) is 6.92 Å². The second-order valence-electron chi connectivity index (χ2n) is 5.17. The van der Waals surface area contributed by atoms with Gasteiger partial charge in [0.25, 0.3) is 0 Å². The summed E-state index contributed by atoms with van der Waals surface area (Å²) in [4.78, 5) is 10.5. The van der Waals surface area contributed by atoms with Gasteiger partial charge in [0.05, 0.1) is 0 Å². The third-order valence-electron chi connectivity index (χ3n) is 1.06. The normalized spacial score (nSPS) is 11.7. The maximum Gasteiger partial charge on any atom is 0.135 e. The van der Waals surface area contributed by atoms with Crippen molar-refractivity contribution in [3.8, 4) is 0 Å². The largest absolute Gasteiger partial charge is 0.326 e. The van der Waals surface area contributed by atoms with Crippen LogP contribution in [0.1, 0.15) is 49.9 Å². The summed E-state index contributed by atoms with van der Waals surface area (Å²) < 4.78 is 0. The van der Waals surface area contributed by atoms with Crippen molar-refractivity contribution in [1.29, 1.82) is 0 Å². The number of ketones is 1. The van der Waals surface area contributed by atoms with E-state index in [0.717, 1.165) is 0 Å². The molecule has 0 unspecified atom stereocenters. The number of Topliss-reactive ketones (excluding diaryl/α,β-unsaturated/α-hetero) is 1. The fourth-order valence-corrected chi connectivity index (χ4v) is 0. The van der Waals surface area contributed by atoms with Crippen LogP contribution in [0.2, 0.25) is 0 Å². The lowest BCUT2D eigenvalue weighted by Gasteiger charge is -2.11. The highest BCUT2D eigenvalue weighted by molar-refractivity contribution is 5.80. The molecule has 2 N–H and O–H groups in total. The molecule has 2 nitrogen and oxygen atoms in total. The van der Waals surface area contributed by atoms with Gasteiger partial charge in [0.2, 0.25) is 0 Å². The lowest BCUT2D eigenvalue weighted by Crippen LogP contribution is -2.26. The van der Waals surface area contributed by atoms with Gasteiger partial charge in [-0.3, -0.25) is 4.79 Å². The summed E-state index contributed by atoms with van der Waals surface area (Å²) in [5, 5.41) is 0. The van der Waals surface area contributed by atoms with Gasteiger partial charge >= 0.3 is 0 Å². The summed E-state index contributed by atoms with van der Waals surface area (Å²) in [7, 11) is 0. The molecule has 0 heterocycles. The first-order valence-corrected chi connectivity index (χ1v) is 4.24. The summed E-state index contributed by atoms with van der Waals surface area (Å²) in [6.07, 6.45) is 0. The van der Waals surface area contributed by atoms with Crippen molar-refractivity contribution in [1.82, 2.24) is 0 Å².